The molecule has 1 fully saturated rings. The maximum absolute atomic E-state index is 12.5. The van der Waals surface area contributed by atoms with Gasteiger partial charge in [0, 0.05) is 5.70 Å². The molecule has 1 aliphatic rings. The van der Waals surface area contributed by atoms with Gasteiger partial charge in [0.25, 0.3) is 0 Å². The van der Waals surface area contributed by atoms with Crippen LogP contribution in [0.2, 0.25) is 0 Å². The van der Waals surface area contributed by atoms with E-state index in [1.807, 2.05) is 19.1 Å². The first-order valence-electron chi connectivity index (χ1n) is 10.1. The minimum absolute atomic E-state index is 0.401. The number of esters is 1. The van der Waals surface area contributed by atoms with Crippen molar-refractivity contribution in [3.8, 4) is 5.75 Å². The Morgan fingerprint density at radius 1 is 1.18 bits per heavy atom. The molecule has 0 radical (unpaired) electrons. The smallest absolute Gasteiger partial charge is 0.343 e. The highest BCUT2D eigenvalue weighted by atomic mass is 16.5. The summed E-state index contributed by atoms with van der Waals surface area (Å²) in [5, 5.41) is 0. The molecule has 0 heterocycles. The Hall–Kier alpha value is -2.33. The number of nitrogens with two attached hydrogens (primary N) is 2. The normalized spacial score (nSPS) is 23.5. The zero-order chi connectivity index (χ0) is 20.7. The molecule has 4 N–H and O–H groups in total. The van der Waals surface area contributed by atoms with Crippen molar-refractivity contribution >= 4 is 5.97 Å². The van der Waals surface area contributed by atoms with Gasteiger partial charge < -0.3 is 16.2 Å². The van der Waals surface area contributed by atoms with Crippen molar-refractivity contribution in [3.63, 3.8) is 0 Å². The Balaban J connectivity index is 2.00. The number of rotatable bonds is 6. The summed E-state index contributed by atoms with van der Waals surface area (Å²) in [6.45, 7) is 7.73. The van der Waals surface area contributed by atoms with Crippen LogP contribution in [-0.4, -0.2) is 11.5 Å². The summed E-state index contributed by atoms with van der Waals surface area (Å²) in [7, 11) is 0. The molecule has 4 heteroatoms. The highest BCUT2D eigenvalue weighted by Gasteiger charge is 2.20. The fourth-order valence-electron chi connectivity index (χ4n) is 3.66. The van der Waals surface area contributed by atoms with Crippen LogP contribution in [0.3, 0.4) is 0 Å². The van der Waals surface area contributed by atoms with Crippen LogP contribution in [0.4, 0.5) is 0 Å². The standard InChI is InChI=1S/C24H34N2O2/c1-5-19(14-15-24(4,26)16-18(3)25)23(27)28-22-12-10-21(11-13-22)20-8-6-17(2)7-9-20/h5,10-17,20H,6-9,25-26H2,1-4H3/b15-14-,18-16+,19-5+. The molecule has 1 atom stereocenters. The number of carbonyl (C=O) groups excluding carboxylic acids is 1. The molecule has 0 saturated heterocycles. The lowest BCUT2D eigenvalue weighted by Crippen LogP contribution is -2.32. The summed E-state index contributed by atoms with van der Waals surface area (Å²) in [6.07, 6.45) is 11.9. The largest absolute Gasteiger partial charge is 0.423 e. The van der Waals surface area contributed by atoms with E-state index in [4.69, 9.17) is 16.2 Å². The van der Waals surface area contributed by atoms with E-state index in [0.717, 1.165) is 5.92 Å². The van der Waals surface area contributed by atoms with Crippen molar-refractivity contribution in [1.82, 2.24) is 0 Å². The maximum atomic E-state index is 12.5. The van der Waals surface area contributed by atoms with E-state index in [2.05, 4.69) is 19.1 Å². The highest BCUT2D eigenvalue weighted by molar-refractivity contribution is 5.93. The van der Waals surface area contributed by atoms with Crippen LogP contribution in [0, 0.1) is 5.92 Å². The van der Waals surface area contributed by atoms with Gasteiger partial charge in [0.1, 0.15) is 5.75 Å². The monoisotopic (exact) mass is 382 g/mol. The molecule has 2 rings (SSSR count). The summed E-state index contributed by atoms with van der Waals surface area (Å²) in [5.41, 5.74) is 13.5. The van der Waals surface area contributed by atoms with Crippen molar-refractivity contribution < 1.29 is 9.53 Å². The van der Waals surface area contributed by atoms with Crippen LogP contribution in [-0.2, 0) is 4.79 Å². The third-order valence-electron chi connectivity index (χ3n) is 5.29. The van der Waals surface area contributed by atoms with Gasteiger partial charge in [-0.1, -0.05) is 44.1 Å². The molecule has 1 unspecified atom stereocenters. The molecular weight excluding hydrogens is 348 g/mol. The van der Waals surface area contributed by atoms with E-state index in [1.54, 1.807) is 38.2 Å². The lowest BCUT2D eigenvalue weighted by molar-refractivity contribution is -0.129. The Bertz CT molecular complexity index is 745. The van der Waals surface area contributed by atoms with Crippen molar-refractivity contribution in [2.75, 3.05) is 0 Å². The minimum Gasteiger partial charge on any atom is -0.423 e. The number of benzene rings is 1. The SMILES string of the molecule is C/C=C(\C=C/C(C)(N)/C=C(\C)N)C(=O)Oc1ccc(C2CCC(C)CC2)cc1. The van der Waals surface area contributed by atoms with Crippen molar-refractivity contribution in [3.05, 3.63) is 65.4 Å². The summed E-state index contributed by atoms with van der Waals surface area (Å²) in [4.78, 5) is 12.5. The molecule has 152 valence electrons. The Morgan fingerprint density at radius 3 is 2.32 bits per heavy atom. The molecule has 1 aliphatic carbocycles. The van der Waals surface area contributed by atoms with Crippen LogP contribution in [0.25, 0.3) is 0 Å². The minimum atomic E-state index is -0.730. The second-order valence-electron chi connectivity index (χ2n) is 8.25. The summed E-state index contributed by atoms with van der Waals surface area (Å²) < 4.78 is 5.53. The molecule has 28 heavy (non-hydrogen) atoms. The Kier molecular flexibility index (Phi) is 7.64. The predicted octanol–water partition coefficient (Wildman–Crippen LogP) is 4.97. The molecular formula is C24H34N2O2. The van der Waals surface area contributed by atoms with E-state index in [-0.39, 0.29) is 0 Å². The third kappa shape index (κ3) is 6.68. The number of carbonyl (C=O) groups is 1. The van der Waals surface area contributed by atoms with Gasteiger partial charge >= 0.3 is 5.97 Å². The van der Waals surface area contributed by atoms with Crippen LogP contribution in [0.1, 0.15) is 64.9 Å². The Labute approximate surface area is 169 Å². The number of hydrogen-bond donors (Lipinski definition) is 2. The zero-order valence-corrected chi connectivity index (χ0v) is 17.6. The second-order valence-corrected chi connectivity index (χ2v) is 8.25. The molecule has 0 amide bonds. The zero-order valence-electron chi connectivity index (χ0n) is 17.6. The van der Waals surface area contributed by atoms with Gasteiger partial charge in [-0.05, 0) is 75.3 Å². The highest BCUT2D eigenvalue weighted by Crippen LogP contribution is 2.35. The average molecular weight is 383 g/mol. The fourth-order valence-corrected chi connectivity index (χ4v) is 3.66. The van der Waals surface area contributed by atoms with Crippen LogP contribution in [0.15, 0.2) is 59.8 Å². The van der Waals surface area contributed by atoms with Gasteiger partial charge in [-0.15, -0.1) is 0 Å². The molecule has 4 nitrogen and oxygen atoms in total. The van der Waals surface area contributed by atoms with E-state index in [9.17, 15) is 4.79 Å². The van der Waals surface area contributed by atoms with Crippen molar-refractivity contribution in [1.29, 1.82) is 0 Å². The molecule has 1 saturated carbocycles. The van der Waals surface area contributed by atoms with E-state index in [0.29, 0.717) is 22.9 Å². The fraction of sp³-hybridized carbons (Fsp3) is 0.458. The van der Waals surface area contributed by atoms with Crippen LogP contribution in [0.5, 0.6) is 5.75 Å². The van der Waals surface area contributed by atoms with E-state index < -0.39 is 11.5 Å². The summed E-state index contributed by atoms with van der Waals surface area (Å²) in [6, 6.07) is 7.94. The second kappa shape index (κ2) is 9.74. The van der Waals surface area contributed by atoms with E-state index in [1.165, 1.54) is 31.2 Å². The van der Waals surface area contributed by atoms with Crippen molar-refractivity contribution in [2.24, 2.45) is 17.4 Å². The topological polar surface area (TPSA) is 78.3 Å². The lowest BCUT2D eigenvalue weighted by Gasteiger charge is -2.26. The van der Waals surface area contributed by atoms with Gasteiger partial charge in [-0.2, -0.15) is 0 Å². The molecule has 0 spiro atoms. The molecule has 0 aliphatic heterocycles. The number of hydrogen-bond acceptors (Lipinski definition) is 4. The van der Waals surface area contributed by atoms with Crippen LogP contribution < -0.4 is 16.2 Å². The van der Waals surface area contributed by atoms with Gasteiger partial charge in [-0.3, -0.25) is 0 Å². The quantitative estimate of drug-likeness (QED) is 0.315. The first kappa shape index (κ1) is 22.0. The van der Waals surface area contributed by atoms with Crippen LogP contribution >= 0.6 is 0 Å². The maximum Gasteiger partial charge on any atom is 0.343 e. The summed E-state index contributed by atoms with van der Waals surface area (Å²) >= 11 is 0. The predicted molar refractivity (Wildman–Crippen MR) is 116 cm³/mol. The lowest BCUT2D eigenvalue weighted by atomic mass is 9.79. The van der Waals surface area contributed by atoms with Crippen molar-refractivity contribution in [2.45, 2.75) is 64.8 Å². The first-order valence-corrected chi connectivity index (χ1v) is 10.1. The van der Waals surface area contributed by atoms with E-state index >= 15 is 0 Å². The molecule has 0 bridgehead atoms. The van der Waals surface area contributed by atoms with Gasteiger partial charge in [-0.25, -0.2) is 4.79 Å². The van der Waals surface area contributed by atoms with Gasteiger partial charge in [0.15, 0.2) is 0 Å². The Morgan fingerprint density at radius 2 is 1.79 bits per heavy atom. The molecule has 1 aromatic carbocycles. The molecule has 1 aromatic rings. The first-order chi connectivity index (χ1) is 13.2. The molecule has 0 aromatic heterocycles. The number of allylic oxidation sites excluding steroid dienone is 2. The number of ether oxygens (including phenoxy) is 1. The third-order valence-corrected chi connectivity index (χ3v) is 5.29. The van der Waals surface area contributed by atoms with Gasteiger partial charge in [0.2, 0.25) is 0 Å². The summed E-state index contributed by atoms with van der Waals surface area (Å²) in [5.74, 6) is 1.61. The van der Waals surface area contributed by atoms with Gasteiger partial charge in [0.05, 0.1) is 11.1 Å². The average Bonchev–Trinajstić information content (AvgIpc) is 2.62.